The molecule has 2 heterocycles. The van der Waals surface area contributed by atoms with Gasteiger partial charge in [-0.15, -0.1) is 0 Å². The zero-order valence-corrected chi connectivity index (χ0v) is 25.3. The minimum atomic E-state index is -0.557. The number of hydrogen-bond acceptors (Lipinski definition) is 6. The van der Waals surface area contributed by atoms with Crippen LogP contribution in [0, 0.1) is 0 Å². The highest BCUT2D eigenvalue weighted by Gasteiger charge is 2.44. The predicted octanol–water partition coefficient (Wildman–Crippen LogP) is 7.17. The van der Waals surface area contributed by atoms with Crippen LogP contribution < -0.4 is 10.5 Å². The summed E-state index contributed by atoms with van der Waals surface area (Å²) in [5.74, 6) is 1.28. The van der Waals surface area contributed by atoms with Gasteiger partial charge in [0.25, 0.3) is 0 Å². The number of aliphatic hydroxyl groups excluding tert-OH is 2. The monoisotopic (exact) mass is 577 g/mol. The van der Waals surface area contributed by atoms with E-state index in [0.29, 0.717) is 37.4 Å². The molecule has 6 N–H and O–H groups in total. The molecule has 0 aliphatic heterocycles. The van der Waals surface area contributed by atoms with Gasteiger partial charge in [0.05, 0.1) is 18.8 Å². The van der Waals surface area contributed by atoms with Crippen molar-refractivity contribution in [2.75, 3.05) is 12.3 Å². The van der Waals surface area contributed by atoms with Gasteiger partial charge in [-0.05, 0) is 98.4 Å². The molecule has 7 nitrogen and oxygen atoms in total. The predicted molar refractivity (Wildman–Crippen MR) is 169 cm³/mol. The summed E-state index contributed by atoms with van der Waals surface area (Å²) >= 11 is 0. The van der Waals surface area contributed by atoms with Crippen molar-refractivity contribution in [3.63, 3.8) is 0 Å². The molecule has 2 aromatic heterocycles. The van der Waals surface area contributed by atoms with Crippen molar-refractivity contribution in [3.8, 4) is 11.5 Å². The number of nitrogen functional groups attached to an aromatic ring is 1. The maximum Gasteiger partial charge on any atom is 0.161 e. The Morgan fingerprint density at radius 1 is 0.976 bits per heavy atom. The first kappa shape index (κ1) is 31.9. The van der Waals surface area contributed by atoms with Crippen molar-refractivity contribution in [1.29, 1.82) is 0 Å². The number of hydrogen-bond donors (Lipinski definition) is 5. The molecule has 1 aliphatic carbocycles. The number of benzene rings is 1. The minimum Gasteiger partial charge on any atom is -0.504 e. The first-order chi connectivity index (χ1) is 20.4. The second kappa shape index (κ2) is 16.0. The fourth-order valence-corrected chi connectivity index (χ4v) is 6.88. The van der Waals surface area contributed by atoms with Crippen molar-refractivity contribution in [2.45, 2.75) is 120 Å². The Labute approximate surface area is 251 Å². The van der Waals surface area contributed by atoms with Gasteiger partial charge in [-0.25, -0.2) is 4.98 Å². The van der Waals surface area contributed by atoms with E-state index in [-0.39, 0.29) is 17.1 Å². The van der Waals surface area contributed by atoms with Crippen molar-refractivity contribution in [1.82, 2.24) is 9.97 Å². The molecule has 0 saturated heterocycles. The third kappa shape index (κ3) is 8.74. The van der Waals surface area contributed by atoms with E-state index >= 15 is 0 Å². The summed E-state index contributed by atoms with van der Waals surface area (Å²) in [6.45, 7) is 2.64. The number of ether oxygens (including phenoxy) is 1. The summed E-state index contributed by atoms with van der Waals surface area (Å²) in [5.41, 5.74) is 9.50. The summed E-state index contributed by atoms with van der Waals surface area (Å²) in [4.78, 5) is 7.72. The summed E-state index contributed by atoms with van der Waals surface area (Å²) in [6, 6.07) is 13.7. The molecule has 0 amide bonds. The summed E-state index contributed by atoms with van der Waals surface area (Å²) in [5, 5.41) is 31.4. The first-order valence-electron chi connectivity index (χ1n) is 16.1. The zero-order valence-electron chi connectivity index (χ0n) is 25.3. The zero-order chi connectivity index (χ0) is 29.8. The number of nitrogens with two attached hydrogens (primary N) is 1. The number of aryl methyl sites for hydroxylation is 1. The van der Waals surface area contributed by atoms with E-state index in [2.05, 4.69) is 35.1 Å². The number of unbranched alkanes of at least 4 members (excludes halogenated alkanes) is 4. The Balaban J connectivity index is 1.35. The number of H-pyrrole nitrogens is 1. The van der Waals surface area contributed by atoms with Crippen LogP contribution >= 0.6 is 0 Å². The van der Waals surface area contributed by atoms with Gasteiger partial charge in [0.2, 0.25) is 0 Å². The van der Waals surface area contributed by atoms with Gasteiger partial charge < -0.3 is 30.8 Å². The van der Waals surface area contributed by atoms with E-state index in [1.54, 1.807) is 12.3 Å². The van der Waals surface area contributed by atoms with Crippen molar-refractivity contribution in [3.05, 3.63) is 71.7 Å². The lowest BCUT2D eigenvalue weighted by Gasteiger charge is -2.38. The van der Waals surface area contributed by atoms with Gasteiger partial charge in [0.1, 0.15) is 5.82 Å². The maximum absolute atomic E-state index is 10.6. The number of nitrogens with one attached hydrogen (secondary N) is 1. The van der Waals surface area contributed by atoms with E-state index in [0.717, 1.165) is 49.7 Å². The molecule has 1 saturated carbocycles. The molecule has 3 unspecified atom stereocenters. The van der Waals surface area contributed by atoms with Crippen molar-refractivity contribution >= 4 is 5.82 Å². The largest absolute Gasteiger partial charge is 0.504 e. The third-order valence-corrected chi connectivity index (χ3v) is 9.14. The van der Waals surface area contributed by atoms with Crippen LogP contribution in [0.1, 0.15) is 113 Å². The van der Waals surface area contributed by atoms with Crippen LogP contribution in [0.25, 0.3) is 0 Å². The summed E-state index contributed by atoms with van der Waals surface area (Å²) in [6.07, 6.45) is 16.2. The molecule has 7 heteroatoms. The SMILES string of the molecule is CCCCCCCC(O)CC(O)CCc1ccc(O)c(OCCC(c2ccnc(N)c2)C2(c3ccc[nH]3)CCCC2)c1. The summed E-state index contributed by atoms with van der Waals surface area (Å²) < 4.78 is 6.22. The number of aromatic hydroxyl groups is 1. The molecule has 1 aromatic carbocycles. The number of aromatic nitrogens is 2. The number of aliphatic hydroxyl groups is 2. The number of phenolic OH excluding ortho intramolecular Hbond substituents is 1. The minimum absolute atomic E-state index is 0.0270. The fraction of sp³-hybridized carbons (Fsp3) is 0.571. The van der Waals surface area contributed by atoms with E-state index in [9.17, 15) is 15.3 Å². The average Bonchev–Trinajstić information content (AvgIpc) is 3.69. The van der Waals surface area contributed by atoms with Crippen molar-refractivity contribution in [2.24, 2.45) is 0 Å². The number of nitrogens with zero attached hydrogens (tertiary/aromatic N) is 1. The highest BCUT2D eigenvalue weighted by atomic mass is 16.5. The molecule has 4 rings (SSSR count). The Kier molecular flexibility index (Phi) is 12.1. The molecule has 0 spiro atoms. The second-order valence-electron chi connectivity index (χ2n) is 12.2. The van der Waals surface area contributed by atoms with Gasteiger partial charge in [-0.1, -0.05) is 57.9 Å². The van der Waals surface area contributed by atoms with Crippen LogP contribution in [0.15, 0.2) is 54.9 Å². The third-order valence-electron chi connectivity index (χ3n) is 9.14. The molecular weight excluding hydrogens is 526 g/mol. The second-order valence-corrected chi connectivity index (χ2v) is 12.2. The number of anilines is 1. The van der Waals surface area contributed by atoms with Gasteiger partial charge >= 0.3 is 0 Å². The Hall–Kier alpha value is -3.03. The van der Waals surface area contributed by atoms with E-state index in [1.807, 2.05) is 24.4 Å². The van der Waals surface area contributed by atoms with Crippen LogP contribution in [0.5, 0.6) is 11.5 Å². The van der Waals surface area contributed by atoms with E-state index < -0.39 is 12.2 Å². The first-order valence-corrected chi connectivity index (χ1v) is 16.1. The highest BCUT2D eigenvalue weighted by Crippen LogP contribution is 2.52. The molecule has 3 aromatic rings. The number of rotatable bonds is 18. The lowest BCUT2D eigenvalue weighted by Crippen LogP contribution is -2.32. The van der Waals surface area contributed by atoms with E-state index in [1.165, 1.54) is 37.8 Å². The highest BCUT2D eigenvalue weighted by molar-refractivity contribution is 5.42. The quantitative estimate of drug-likeness (QED) is 0.102. The molecular formula is C35H51N3O4. The number of phenols is 1. The Bertz CT molecular complexity index is 1190. The normalized spacial score (nSPS) is 16.7. The molecule has 1 fully saturated rings. The van der Waals surface area contributed by atoms with Crippen LogP contribution in [-0.2, 0) is 11.8 Å². The van der Waals surface area contributed by atoms with Gasteiger partial charge in [0, 0.05) is 23.5 Å². The lowest BCUT2D eigenvalue weighted by atomic mass is 9.67. The molecule has 230 valence electrons. The van der Waals surface area contributed by atoms with Gasteiger partial charge in [-0.3, -0.25) is 0 Å². The molecule has 3 atom stereocenters. The number of pyridine rings is 1. The molecule has 0 radical (unpaired) electrons. The Morgan fingerprint density at radius 2 is 1.76 bits per heavy atom. The maximum atomic E-state index is 10.6. The molecule has 1 aliphatic rings. The smallest absolute Gasteiger partial charge is 0.161 e. The number of aromatic amines is 1. The average molecular weight is 578 g/mol. The van der Waals surface area contributed by atoms with Crippen molar-refractivity contribution < 1.29 is 20.1 Å². The lowest BCUT2D eigenvalue weighted by molar-refractivity contribution is 0.0697. The van der Waals surface area contributed by atoms with Crippen LogP contribution in [0.2, 0.25) is 0 Å². The van der Waals surface area contributed by atoms with E-state index in [4.69, 9.17) is 10.5 Å². The van der Waals surface area contributed by atoms with Crippen LogP contribution in [-0.4, -0.2) is 44.1 Å². The fourth-order valence-electron chi connectivity index (χ4n) is 6.88. The molecule has 42 heavy (non-hydrogen) atoms. The van der Waals surface area contributed by atoms with Gasteiger partial charge in [0.15, 0.2) is 11.5 Å². The topological polar surface area (TPSA) is 125 Å². The Morgan fingerprint density at radius 3 is 2.50 bits per heavy atom. The summed E-state index contributed by atoms with van der Waals surface area (Å²) in [7, 11) is 0. The van der Waals surface area contributed by atoms with Crippen LogP contribution in [0.3, 0.4) is 0 Å². The molecule has 0 bridgehead atoms. The standard InChI is InChI=1S/C35H51N3O4/c1-2-3-4-5-6-10-28(39)25-29(40)14-12-26-13-15-31(41)32(23-26)42-22-17-30(27-16-21-38-34(36)24-27)35(18-7-8-19-35)33-11-9-20-37-33/h9,11,13,15-16,20-21,23-24,28-30,37,39-41H,2-8,10,12,14,17-19,22,25H2,1H3,(H2,36,38). The van der Waals surface area contributed by atoms with Crippen LogP contribution in [0.4, 0.5) is 5.82 Å². The van der Waals surface area contributed by atoms with Gasteiger partial charge in [-0.2, -0.15) is 0 Å².